The van der Waals surface area contributed by atoms with E-state index in [2.05, 4.69) is 9.97 Å². The Morgan fingerprint density at radius 3 is 2.68 bits per heavy atom. The lowest BCUT2D eigenvalue weighted by Crippen LogP contribution is -2.26. The van der Waals surface area contributed by atoms with E-state index in [0.717, 1.165) is 11.4 Å². The van der Waals surface area contributed by atoms with Gasteiger partial charge in [0, 0.05) is 49.0 Å². The van der Waals surface area contributed by atoms with Crippen LogP contribution in [0.4, 0.5) is 5.69 Å². The summed E-state index contributed by atoms with van der Waals surface area (Å²) in [5.74, 6) is -0.0770. The van der Waals surface area contributed by atoms with Gasteiger partial charge in [0.2, 0.25) is 0 Å². The molecule has 1 amide bonds. The van der Waals surface area contributed by atoms with E-state index in [1.54, 1.807) is 54.8 Å². The van der Waals surface area contributed by atoms with Crippen LogP contribution in [0, 0.1) is 0 Å². The highest BCUT2D eigenvalue weighted by Crippen LogP contribution is 2.14. The third-order valence-electron chi connectivity index (χ3n) is 2.82. The van der Waals surface area contributed by atoms with Crippen LogP contribution in [0.3, 0.4) is 0 Å². The third kappa shape index (κ3) is 3.14. The lowest BCUT2D eigenvalue weighted by Gasteiger charge is -2.17. The van der Waals surface area contributed by atoms with Crippen molar-refractivity contribution in [2.24, 2.45) is 5.73 Å². The number of rotatable bonds is 4. The molecular weight excluding hydrogens is 240 g/mol. The van der Waals surface area contributed by atoms with Gasteiger partial charge in [0.1, 0.15) is 0 Å². The summed E-state index contributed by atoms with van der Waals surface area (Å²) < 4.78 is 0. The third-order valence-corrected chi connectivity index (χ3v) is 2.82. The number of carbonyl (C=O) groups excluding carboxylic acids is 1. The zero-order valence-electron chi connectivity index (χ0n) is 10.8. The van der Waals surface area contributed by atoms with E-state index < -0.39 is 0 Å². The van der Waals surface area contributed by atoms with Gasteiger partial charge in [-0.25, -0.2) is 0 Å². The largest absolute Gasteiger partial charge is 0.330 e. The summed E-state index contributed by atoms with van der Waals surface area (Å²) in [4.78, 5) is 22.1. The van der Waals surface area contributed by atoms with Gasteiger partial charge in [0.05, 0.1) is 0 Å². The van der Waals surface area contributed by atoms with Crippen LogP contribution >= 0.6 is 0 Å². The molecule has 2 N–H and O–H groups in total. The van der Waals surface area contributed by atoms with E-state index in [4.69, 9.17) is 5.73 Å². The number of nitrogens with two attached hydrogens (primary N) is 1. The Balaban J connectivity index is 2.22. The number of carbonyl (C=O) groups is 1. The molecule has 0 saturated heterocycles. The van der Waals surface area contributed by atoms with Gasteiger partial charge in [-0.05, 0) is 30.8 Å². The van der Waals surface area contributed by atoms with Gasteiger partial charge in [0.15, 0.2) is 0 Å². The Labute approximate surface area is 112 Å². The van der Waals surface area contributed by atoms with Crippen LogP contribution in [0.1, 0.15) is 16.1 Å². The second-order valence-corrected chi connectivity index (χ2v) is 4.14. The van der Waals surface area contributed by atoms with Gasteiger partial charge in [-0.2, -0.15) is 0 Å². The van der Waals surface area contributed by atoms with Gasteiger partial charge in [0.25, 0.3) is 5.91 Å². The molecule has 0 bridgehead atoms. The molecule has 2 aromatic heterocycles. The van der Waals surface area contributed by atoms with Crippen LogP contribution in [0.15, 0.2) is 42.9 Å². The number of aromatic nitrogens is 2. The molecule has 0 radical (unpaired) electrons. The zero-order valence-corrected chi connectivity index (χ0v) is 10.8. The van der Waals surface area contributed by atoms with Crippen molar-refractivity contribution in [3.8, 4) is 0 Å². The van der Waals surface area contributed by atoms with Crippen molar-refractivity contribution in [3.63, 3.8) is 0 Å². The van der Waals surface area contributed by atoms with E-state index in [1.807, 2.05) is 0 Å². The number of hydrogen-bond donors (Lipinski definition) is 1. The normalized spacial score (nSPS) is 10.2. The highest BCUT2D eigenvalue weighted by atomic mass is 16.2. The quantitative estimate of drug-likeness (QED) is 0.893. The van der Waals surface area contributed by atoms with E-state index in [0.29, 0.717) is 18.5 Å². The first-order valence-corrected chi connectivity index (χ1v) is 6.05. The van der Waals surface area contributed by atoms with E-state index in [-0.39, 0.29) is 5.91 Å². The van der Waals surface area contributed by atoms with Gasteiger partial charge < -0.3 is 10.6 Å². The Bertz CT molecular complexity index is 556. The molecule has 0 saturated carbocycles. The SMILES string of the molecule is CN(C(=O)c1ccnc(CCN)c1)c1ccncc1. The summed E-state index contributed by atoms with van der Waals surface area (Å²) >= 11 is 0. The molecule has 0 unspecified atom stereocenters. The molecule has 98 valence electrons. The van der Waals surface area contributed by atoms with Gasteiger partial charge >= 0.3 is 0 Å². The summed E-state index contributed by atoms with van der Waals surface area (Å²) in [6.07, 6.45) is 5.62. The van der Waals surface area contributed by atoms with Crippen LogP contribution in [0.25, 0.3) is 0 Å². The van der Waals surface area contributed by atoms with E-state index in [1.165, 1.54) is 0 Å². The maximum Gasteiger partial charge on any atom is 0.258 e. The first-order chi connectivity index (χ1) is 9.22. The number of nitrogens with zero attached hydrogens (tertiary/aromatic N) is 3. The minimum absolute atomic E-state index is 0.0770. The average molecular weight is 256 g/mol. The molecule has 2 rings (SSSR count). The van der Waals surface area contributed by atoms with Crippen molar-refractivity contribution < 1.29 is 4.79 Å². The van der Waals surface area contributed by atoms with Crippen molar-refractivity contribution in [1.82, 2.24) is 9.97 Å². The number of amides is 1. The summed E-state index contributed by atoms with van der Waals surface area (Å²) in [6, 6.07) is 7.08. The maximum atomic E-state index is 12.3. The molecule has 0 spiro atoms. The Morgan fingerprint density at radius 1 is 1.26 bits per heavy atom. The first kappa shape index (κ1) is 13.2. The maximum absolute atomic E-state index is 12.3. The number of pyridine rings is 2. The molecule has 2 heterocycles. The molecule has 19 heavy (non-hydrogen) atoms. The monoisotopic (exact) mass is 256 g/mol. The Hall–Kier alpha value is -2.27. The summed E-state index contributed by atoms with van der Waals surface area (Å²) in [5.41, 5.74) is 7.74. The minimum atomic E-state index is -0.0770. The smallest absolute Gasteiger partial charge is 0.258 e. The standard InChI is InChI=1S/C14H16N4O/c1-18(13-4-7-16-8-5-13)14(19)11-3-9-17-12(10-11)2-6-15/h3-5,7-10H,2,6,15H2,1H3. The van der Waals surface area contributed by atoms with Crippen molar-refractivity contribution in [2.75, 3.05) is 18.5 Å². The van der Waals surface area contributed by atoms with Gasteiger partial charge in [-0.3, -0.25) is 14.8 Å². The van der Waals surface area contributed by atoms with Crippen molar-refractivity contribution in [2.45, 2.75) is 6.42 Å². The molecule has 5 nitrogen and oxygen atoms in total. The van der Waals surface area contributed by atoms with Crippen LogP contribution < -0.4 is 10.6 Å². The van der Waals surface area contributed by atoms with E-state index >= 15 is 0 Å². The molecule has 0 atom stereocenters. The average Bonchev–Trinajstić information content (AvgIpc) is 2.47. The first-order valence-electron chi connectivity index (χ1n) is 6.05. The molecule has 0 aliphatic carbocycles. The molecule has 0 aliphatic rings. The number of anilines is 1. The highest BCUT2D eigenvalue weighted by molar-refractivity contribution is 6.05. The van der Waals surface area contributed by atoms with Crippen LogP contribution in [-0.4, -0.2) is 29.5 Å². The minimum Gasteiger partial charge on any atom is -0.330 e. The van der Waals surface area contributed by atoms with Crippen LogP contribution in [0.2, 0.25) is 0 Å². The van der Waals surface area contributed by atoms with Crippen molar-refractivity contribution in [1.29, 1.82) is 0 Å². The zero-order chi connectivity index (χ0) is 13.7. The van der Waals surface area contributed by atoms with Gasteiger partial charge in [-0.15, -0.1) is 0 Å². The summed E-state index contributed by atoms with van der Waals surface area (Å²) in [7, 11) is 1.74. The molecule has 0 aromatic carbocycles. The van der Waals surface area contributed by atoms with Crippen molar-refractivity contribution in [3.05, 3.63) is 54.1 Å². The molecule has 2 aromatic rings. The number of hydrogen-bond acceptors (Lipinski definition) is 4. The highest BCUT2D eigenvalue weighted by Gasteiger charge is 2.13. The lowest BCUT2D eigenvalue weighted by molar-refractivity contribution is 0.0993. The Kier molecular flexibility index (Phi) is 4.20. The summed E-state index contributed by atoms with van der Waals surface area (Å²) in [5, 5.41) is 0. The molecule has 5 heteroatoms. The van der Waals surface area contributed by atoms with Gasteiger partial charge in [-0.1, -0.05) is 0 Å². The van der Waals surface area contributed by atoms with E-state index in [9.17, 15) is 4.79 Å². The Morgan fingerprint density at radius 2 is 2.00 bits per heavy atom. The van der Waals surface area contributed by atoms with Crippen LogP contribution in [0.5, 0.6) is 0 Å². The second-order valence-electron chi connectivity index (χ2n) is 4.14. The molecular formula is C14H16N4O. The van der Waals surface area contributed by atoms with Crippen LogP contribution in [-0.2, 0) is 6.42 Å². The predicted molar refractivity (Wildman–Crippen MR) is 74.0 cm³/mol. The summed E-state index contributed by atoms with van der Waals surface area (Å²) in [6.45, 7) is 0.519. The fourth-order valence-electron chi connectivity index (χ4n) is 1.77. The molecule has 0 aliphatic heterocycles. The molecule has 0 fully saturated rings. The predicted octanol–water partition coefficient (Wildman–Crippen LogP) is 1.25. The topological polar surface area (TPSA) is 72.1 Å². The van der Waals surface area contributed by atoms with Crippen molar-refractivity contribution >= 4 is 11.6 Å². The lowest BCUT2D eigenvalue weighted by atomic mass is 10.1. The fraction of sp³-hybridized carbons (Fsp3) is 0.214. The second kappa shape index (κ2) is 6.06. The fourth-order valence-corrected chi connectivity index (χ4v) is 1.77.